The topological polar surface area (TPSA) is 64.1 Å². The summed E-state index contributed by atoms with van der Waals surface area (Å²) in [7, 11) is 0. The van der Waals surface area contributed by atoms with Crippen molar-refractivity contribution in [2.75, 3.05) is 32.8 Å². The molecule has 52 heavy (non-hydrogen) atoms. The molecule has 4 aromatic carbocycles. The Labute approximate surface area is 316 Å². The highest BCUT2D eigenvalue weighted by atomic mass is 35.5. The minimum atomic E-state index is -0.272. The van der Waals surface area contributed by atoms with Gasteiger partial charge in [-0.15, -0.1) is 12.4 Å². The summed E-state index contributed by atoms with van der Waals surface area (Å²) in [5.41, 5.74) is 6.36. The van der Waals surface area contributed by atoms with E-state index >= 15 is 0 Å². The number of rotatable bonds is 13. The lowest BCUT2D eigenvalue weighted by molar-refractivity contribution is -0.127. The number of carbonyl (C=O) groups is 1. The quantitative estimate of drug-likeness (QED) is 0.112. The van der Waals surface area contributed by atoms with E-state index in [0.717, 1.165) is 42.7 Å². The Bertz CT molecular complexity index is 1920. The molecule has 270 valence electrons. The van der Waals surface area contributed by atoms with E-state index < -0.39 is 0 Å². The lowest BCUT2D eigenvalue weighted by atomic mass is 10.1. The number of halogens is 3. The molecule has 5 aromatic rings. The summed E-state index contributed by atoms with van der Waals surface area (Å²) in [4.78, 5) is 21.7. The van der Waals surface area contributed by atoms with Crippen LogP contribution in [0.5, 0.6) is 23.1 Å². The molecule has 0 aliphatic carbocycles. The summed E-state index contributed by atoms with van der Waals surface area (Å²) < 4.78 is 30.7. The van der Waals surface area contributed by atoms with Gasteiger partial charge in [0.1, 0.15) is 23.9 Å². The van der Waals surface area contributed by atoms with Gasteiger partial charge < -0.3 is 19.1 Å². The molecule has 0 unspecified atom stereocenters. The number of aryl methyl sites for hydroxylation is 2. The molecule has 10 heteroatoms. The van der Waals surface area contributed by atoms with Gasteiger partial charge in [-0.3, -0.25) is 9.69 Å². The van der Waals surface area contributed by atoms with Crippen LogP contribution in [0.3, 0.4) is 0 Å². The summed E-state index contributed by atoms with van der Waals surface area (Å²) in [6.45, 7) is 8.73. The molecule has 2 heterocycles. The van der Waals surface area contributed by atoms with Crippen LogP contribution in [-0.2, 0) is 24.4 Å². The summed E-state index contributed by atoms with van der Waals surface area (Å²) in [5, 5.41) is 0.434. The van der Waals surface area contributed by atoms with Crippen LogP contribution in [0.2, 0.25) is 5.02 Å². The van der Waals surface area contributed by atoms with Crippen LogP contribution in [0.4, 0.5) is 4.39 Å². The zero-order valence-corrected chi connectivity index (χ0v) is 30.8. The van der Waals surface area contributed by atoms with E-state index in [1.54, 1.807) is 42.6 Å². The second-order valence-electron chi connectivity index (χ2n) is 12.6. The molecule has 6 rings (SSSR count). The van der Waals surface area contributed by atoms with Crippen molar-refractivity contribution in [1.82, 2.24) is 14.8 Å². The van der Waals surface area contributed by atoms with Gasteiger partial charge in [-0.05, 0) is 95.8 Å². The van der Waals surface area contributed by atoms with Crippen molar-refractivity contribution in [2.24, 2.45) is 0 Å². The molecule has 1 aliphatic heterocycles. The molecule has 0 N–H and O–H groups in total. The number of benzene rings is 4. The van der Waals surface area contributed by atoms with Crippen LogP contribution in [-0.4, -0.2) is 53.5 Å². The second-order valence-corrected chi connectivity index (χ2v) is 13.0. The molecule has 0 saturated carbocycles. The first-order chi connectivity index (χ1) is 24.8. The highest BCUT2D eigenvalue weighted by Gasteiger charge is 2.20. The van der Waals surface area contributed by atoms with Crippen LogP contribution in [0, 0.1) is 19.7 Å². The third-order valence-electron chi connectivity index (χ3n) is 8.83. The Morgan fingerprint density at radius 2 is 1.56 bits per heavy atom. The average molecular weight is 743 g/mol. The van der Waals surface area contributed by atoms with Crippen molar-refractivity contribution < 1.29 is 23.4 Å². The molecule has 1 aromatic heterocycles. The van der Waals surface area contributed by atoms with Crippen LogP contribution in [0.1, 0.15) is 33.4 Å². The van der Waals surface area contributed by atoms with Crippen molar-refractivity contribution in [3.8, 4) is 23.1 Å². The molecule has 0 bridgehead atoms. The van der Waals surface area contributed by atoms with E-state index in [1.165, 1.54) is 28.8 Å². The number of aromatic nitrogens is 1. The van der Waals surface area contributed by atoms with Crippen LogP contribution < -0.4 is 14.2 Å². The zero-order valence-electron chi connectivity index (χ0n) is 29.3. The van der Waals surface area contributed by atoms with E-state index in [2.05, 4.69) is 47.1 Å². The maximum Gasteiger partial charge on any atom is 0.246 e. The zero-order chi connectivity index (χ0) is 35.6. The highest BCUT2D eigenvalue weighted by molar-refractivity contribution is 6.32. The van der Waals surface area contributed by atoms with Crippen molar-refractivity contribution in [2.45, 2.75) is 33.4 Å². The first kappa shape index (κ1) is 38.3. The molecule has 1 fully saturated rings. The van der Waals surface area contributed by atoms with Gasteiger partial charge in [-0.25, -0.2) is 9.37 Å². The van der Waals surface area contributed by atoms with Crippen molar-refractivity contribution in [3.63, 3.8) is 0 Å². The lowest BCUT2D eigenvalue weighted by Crippen LogP contribution is -2.47. The maximum absolute atomic E-state index is 13.1. The molecule has 0 radical (unpaired) electrons. The van der Waals surface area contributed by atoms with Crippen LogP contribution in [0.15, 0.2) is 109 Å². The van der Waals surface area contributed by atoms with Crippen molar-refractivity contribution >= 4 is 36.0 Å². The number of amides is 1. The summed E-state index contributed by atoms with van der Waals surface area (Å²) in [5.74, 6) is 1.94. The third kappa shape index (κ3) is 10.8. The molecule has 0 atom stereocenters. The predicted molar refractivity (Wildman–Crippen MR) is 206 cm³/mol. The van der Waals surface area contributed by atoms with Crippen LogP contribution >= 0.6 is 24.0 Å². The minimum absolute atomic E-state index is 0. The van der Waals surface area contributed by atoms with Gasteiger partial charge in [-0.2, -0.15) is 0 Å². The van der Waals surface area contributed by atoms with Crippen molar-refractivity contribution in [1.29, 1.82) is 0 Å². The minimum Gasteiger partial charge on any atom is -0.493 e. The largest absolute Gasteiger partial charge is 0.493 e. The number of nitrogens with zero attached hydrogens (tertiary/aromatic N) is 3. The monoisotopic (exact) mass is 741 g/mol. The average Bonchev–Trinajstić information content (AvgIpc) is 3.14. The molecule has 1 saturated heterocycles. The standard InChI is InChI=1S/C42H41ClFN3O4.ClH/c1-30-5-3-4-6-35(30)29-50-38-16-17-40(45-27-38)51-42-31(2)25-34(26-39(42)43)11-18-41(48)47-22-20-46(21-23-47)28-33-9-7-32(8-10-33)19-24-49-37-14-12-36(44)13-15-37;/h3-18,25-27H,19-24,28-29H2,1-2H3;1H/b18-11+;. The first-order valence-corrected chi connectivity index (χ1v) is 17.4. The number of ether oxygens (including phenoxy) is 3. The van der Waals surface area contributed by atoms with Crippen molar-refractivity contribution in [3.05, 3.63) is 154 Å². The fourth-order valence-electron chi connectivity index (χ4n) is 5.82. The summed E-state index contributed by atoms with van der Waals surface area (Å²) in [6, 6.07) is 30.0. The number of hydrogen-bond acceptors (Lipinski definition) is 6. The van der Waals surface area contributed by atoms with Gasteiger partial charge >= 0.3 is 0 Å². The predicted octanol–water partition coefficient (Wildman–Crippen LogP) is 9.26. The normalized spacial score (nSPS) is 13.1. The Morgan fingerprint density at radius 3 is 2.25 bits per heavy atom. The maximum atomic E-state index is 13.1. The Hall–Kier alpha value is -4.89. The summed E-state index contributed by atoms with van der Waals surface area (Å²) >= 11 is 6.62. The molecular weight excluding hydrogens is 700 g/mol. The number of hydrogen-bond donors (Lipinski definition) is 0. The van der Waals surface area contributed by atoms with Gasteiger partial charge in [0.15, 0.2) is 5.75 Å². The first-order valence-electron chi connectivity index (χ1n) is 17.1. The Morgan fingerprint density at radius 1 is 0.846 bits per heavy atom. The van der Waals surface area contributed by atoms with E-state index in [-0.39, 0.29) is 24.1 Å². The van der Waals surface area contributed by atoms with Crippen LogP contribution in [0.25, 0.3) is 6.08 Å². The van der Waals surface area contributed by atoms with Gasteiger partial charge in [0.25, 0.3) is 0 Å². The SMILES string of the molecule is Cc1ccccc1COc1ccc(Oc2c(C)cc(/C=C/C(=O)N3CCN(Cc4ccc(CCOc5ccc(F)cc5)cc4)CC3)cc2Cl)nc1.Cl. The smallest absolute Gasteiger partial charge is 0.246 e. The molecular formula is C42H42Cl2FN3O4. The fourth-order valence-corrected chi connectivity index (χ4v) is 6.13. The van der Waals surface area contributed by atoms with Gasteiger partial charge in [0.2, 0.25) is 11.8 Å². The second kappa shape index (κ2) is 18.6. The number of piperazine rings is 1. The van der Waals surface area contributed by atoms with E-state index in [4.69, 9.17) is 25.8 Å². The molecule has 1 amide bonds. The van der Waals surface area contributed by atoms with Gasteiger partial charge in [0.05, 0.1) is 17.8 Å². The Kier molecular flexibility index (Phi) is 13.7. The van der Waals surface area contributed by atoms with E-state index in [0.29, 0.717) is 54.5 Å². The lowest BCUT2D eigenvalue weighted by Gasteiger charge is -2.34. The molecule has 0 spiro atoms. The van der Waals surface area contributed by atoms with Gasteiger partial charge in [-0.1, -0.05) is 60.1 Å². The van der Waals surface area contributed by atoms with E-state index in [9.17, 15) is 9.18 Å². The Balaban J connectivity index is 0.00000523. The third-order valence-corrected chi connectivity index (χ3v) is 9.11. The number of pyridine rings is 1. The molecule has 7 nitrogen and oxygen atoms in total. The summed E-state index contributed by atoms with van der Waals surface area (Å²) in [6.07, 6.45) is 5.81. The highest BCUT2D eigenvalue weighted by Crippen LogP contribution is 2.34. The molecule has 1 aliphatic rings. The van der Waals surface area contributed by atoms with Gasteiger partial charge in [0, 0.05) is 51.3 Å². The van der Waals surface area contributed by atoms with E-state index in [1.807, 2.05) is 42.2 Å². The number of carbonyl (C=O) groups excluding carboxylic acids is 1. The fraction of sp³-hybridized carbons (Fsp3) is 0.238.